The second-order valence-electron chi connectivity index (χ2n) is 3.98. The van der Waals surface area contributed by atoms with Crippen molar-refractivity contribution in [1.29, 1.82) is 0 Å². The maximum absolute atomic E-state index is 12.0. The van der Waals surface area contributed by atoms with Crippen molar-refractivity contribution in [2.75, 3.05) is 18.4 Å². The molecule has 2 N–H and O–H groups in total. The summed E-state index contributed by atoms with van der Waals surface area (Å²) in [5.41, 5.74) is 0.212. The van der Waals surface area contributed by atoms with Gasteiger partial charge in [0.25, 0.3) is 5.91 Å². The Morgan fingerprint density at radius 1 is 1.45 bits per heavy atom. The highest BCUT2D eigenvalue weighted by molar-refractivity contribution is 6.33. The van der Waals surface area contributed by atoms with E-state index in [0.717, 1.165) is 6.54 Å². The van der Waals surface area contributed by atoms with Crippen molar-refractivity contribution in [2.24, 2.45) is 0 Å². The zero-order chi connectivity index (χ0) is 14.4. The first-order chi connectivity index (χ1) is 9.70. The third-order valence-electron chi connectivity index (χ3n) is 2.52. The summed E-state index contributed by atoms with van der Waals surface area (Å²) in [4.78, 5) is 16.2. The summed E-state index contributed by atoms with van der Waals surface area (Å²) in [5, 5.41) is 13.6. The summed E-state index contributed by atoms with van der Waals surface area (Å²) in [6.07, 6.45) is 3.31. The van der Waals surface area contributed by atoms with Crippen molar-refractivity contribution in [3.63, 3.8) is 0 Å². The van der Waals surface area contributed by atoms with Crippen LogP contribution in [0.25, 0.3) is 0 Å². The van der Waals surface area contributed by atoms with E-state index in [0.29, 0.717) is 23.9 Å². The Morgan fingerprint density at radius 3 is 3.00 bits per heavy atom. The normalized spacial score (nSPS) is 10.3. The molecule has 0 saturated carbocycles. The summed E-state index contributed by atoms with van der Waals surface area (Å²) in [6.45, 7) is 3.64. The molecule has 0 aromatic carbocycles. The van der Waals surface area contributed by atoms with Crippen molar-refractivity contribution in [3.05, 3.63) is 35.2 Å². The van der Waals surface area contributed by atoms with E-state index in [2.05, 4.69) is 25.9 Å². The van der Waals surface area contributed by atoms with Crippen LogP contribution in [0.1, 0.15) is 17.4 Å². The van der Waals surface area contributed by atoms with Gasteiger partial charge in [0.1, 0.15) is 11.5 Å². The zero-order valence-electron chi connectivity index (χ0n) is 11.0. The molecule has 0 aliphatic rings. The number of nitrogens with zero attached hydrogens (tertiary/aromatic N) is 4. The standard InChI is InChI=1S/C12H15ClN6O/c1-2-14-10-4-3-9(13)11(17-10)12(20)15-5-7-19-8-6-16-18-19/h3-4,6,8H,2,5,7H2,1H3,(H,14,17)(H,15,20). The number of rotatable bonds is 6. The number of nitrogens with one attached hydrogen (secondary N) is 2. The smallest absolute Gasteiger partial charge is 0.271 e. The van der Waals surface area contributed by atoms with Gasteiger partial charge in [-0.2, -0.15) is 0 Å². The van der Waals surface area contributed by atoms with Crippen LogP contribution in [-0.2, 0) is 6.54 Å². The number of pyridine rings is 1. The number of carbonyl (C=O) groups excluding carboxylic acids is 1. The van der Waals surface area contributed by atoms with Gasteiger partial charge in [0.2, 0.25) is 0 Å². The Balaban J connectivity index is 1.95. The minimum Gasteiger partial charge on any atom is -0.370 e. The summed E-state index contributed by atoms with van der Waals surface area (Å²) >= 11 is 5.99. The Bertz CT molecular complexity index is 571. The highest BCUT2D eigenvalue weighted by Crippen LogP contribution is 2.16. The lowest BCUT2D eigenvalue weighted by atomic mass is 10.3. The molecular weight excluding hydrogens is 280 g/mol. The predicted molar refractivity (Wildman–Crippen MR) is 75.8 cm³/mol. The Morgan fingerprint density at radius 2 is 2.30 bits per heavy atom. The van der Waals surface area contributed by atoms with Crippen LogP contribution in [0.3, 0.4) is 0 Å². The molecule has 0 bridgehead atoms. The van der Waals surface area contributed by atoms with Gasteiger partial charge in [-0.05, 0) is 19.1 Å². The molecule has 8 heteroatoms. The van der Waals surface area contributed by atoms with E-state index in [1.807, 2.05) is 6.92 Å². The number of aromatic nitrogens is 4. The summed E-state index contributed by atoms with van der Waals surface area (Å²) < 4.78 is 1.63. The Hall–Kier alpha value is -2.15. The van der Waals surface area contributed by atoms with Crippen molar-refractivity contribution >= 4 is 23.3 Å². The van der Waals surface area contributed by atoms with Crippen LogP contribution in [0, 0.1) is 0 Å². The summed E-state index contributed by atoms with van der Waals surface area (Å²) in [5.74, 6) is 0.313. The SMILES string of the molecule is CCNc1ccc(Cl)c(C(=O)NCCn2ccnn2)n1. The molecule has 2 aromatic heterocycles. The van der Waals surface area contributed by atoms with Gasteiger partial charge in [-0.15, -0.1) is 5.10 Å². The molecule has 7 nitrogen and oxygen atoms in total. The molecule has 2 rings (SSSR count). The second-order valence-corrected chi connectivity index (χ2v) is 4.39. The van der Waals surface area contributed by atoms with Gasteiger partial charge >= 0.3 is 0 Å². The fourth-order valence-electron chi connectivity index (χ4n) is 1.60. The first-order valence-corrected chi connectivity index (χ1v) is 6.61. The van der Waals surface area contributed by atoms with Crippen LogP contribution >= 0.6 is 11.6 Å². The van der Waals surface area contributed by atoms with Crippen LogP contribution in [0.5, 0.6) is 0 Å². The molecule has 0 spiro atoms. The largest absolute Gasteiger partial charge is 0.370 e. The maximum atomic E-state index is 12.0. The van der Waals surface area contributed by atoms with Gasteiger partial charge < -0.3 is 10.6 Å². The predicted octanol–water partition coefficient (Wildman–Crippen LogP) is 1.19. The number of amides is 1. The molecular formula is C12H15ClN6O. The third-order valence-corrected chi connectivity index (χ3v) is 2.82. The number of hydrogen-bond acceptors (Lipinski definition) is 5. The third kappa shape index (κ3) is 3.67. The maximum Gasteiger partial charge on any atom is 0.271 e. The quantitative estimate of drug-likeness (QED) is 0.836. The molecule has 0 aliphatic carbocycles. The number of carbonyl (C=O) groups is 1. The van der Waals surface area contributed by atoms with Crippen LogP contribution in [0.4, 0.5) is 5.82 Å². The Kier molecular flexibility index (Phi) is 4.89. The summed E-state index contributed by atoms with van der Waals surface area (Å²) in [6, 6.07) is 3.39. The van der Waals surface area contributed by atoms with Gasteiger partial charge in [0, 0.05) is 19.3 Å². The topological polar surface area (TPSA) is 84.7 Å². The highest BCUT2D eigenvalue weighted by atomic mass is 35.5. The zero-order valence-corrected chi connectivity index (χ0v) is 11.8. The van der Waals surface area contributed by atoms with Gasteiger partial charge in [0.15, 0.2) is 0 Å². The average Bonchev–Trinajstić information content (AvgIpc) is 2.94. The van der Waals surface area contributed by atoms with Crippen molar-refractivity contribution in [3.8, 4) is 0 Å². The minimum atomic E-state index is -0.310. The van der Waals surface area contributed by atoms with Crippen LogP contribution in [-0.4, -0.2) is 39.0 Å². The molecule has 0 fully saturated rings. The number of hydrogen-bond donors (Lipinski definition) is 2. The lowest BCUT2D eigenvalue weighted by molar-refractivity contribution is 0.0947. The average molecular weight is 295 g/mol. The molecule has 1 amide bonds. The highest BCUT2D eigenvalue weighted by Gasteiger charge is 2.12. The van der Waals surface area contributed by atoms with E-state index >= 15 is 0 Å². The molecule has 0 atom stereocenters. The molecule has 0 saturated heterocycles. The van der Waals surface area contributed by atoms with Crippen LogP contribution < -0.4 is 10.6 Å². The molecule has 0 aliphatic heterocycles. The Labute approximate surface area is 121 Å². The first-order valence-electron chi connectivity index (χ1n) is 6.23. The van der Waals surface area contributed by atoms with Gasteiger partial charge in [0.05, 0.1) is 17.8 Å². The van der Waals surface area contributed by atoms with Crippen LogP contribution in [0.15, 0.2) is 24.5 Å². The number of anilines is 1. The van der Waals surface area contributed by atoms with Gasteiger partial charge in [-0.1, -0.05) is 16.8 Å². The first kappa shape index (κ1) is 14.3. The summed E-state index contributed by atoms with van der Waals surface area (Å²) in [7, 11) is 0. The van der Waals surface area contributed by atoms with Gasteiger partial charge in [-0.3, -0.25) is 9.48 Å². The van der Waals surface area contributed by atoms with E-state index in [1.54, 1.807) is 29.2 Å². The molecule has 2 heterocycles. The van der Waals surface area contributed by atoms with Crippen molar-refractivity contribution in [2.45, 2.75) is 13.5 Å². The minimum absolute atomic E-state index is 0.212. The van der Waals surface area contributed by atoms with Gasteiger partial charge in [-0.25, -0.2) is 4.98 Å². The fraction of sp³-hybridized carbons (Fsp3) is 0.333. The van der Waals surface area contributed by atoms with Crippen molar-refractivity contribution in [1.82, 2.24) is 25.3 Å². The fourth-order valence-corrected chi connectivity index (χ4v) is 1.79. The van der Waals surface area contributed by atoms with E-state index in [-0.39, 0.29) is 11.6 Å². The van der Waals surface area contributed by atoms with E-state index in [1.165, 1.54) is 0 Å². The monoisotopic (exact) mass is 294 g/mol. The van der Waals surface area contributed by atoms with Crippen LogP contribution in [0.2, 0.25) is 5.02 Å². The van der Waals surface area contributed by atoms with E-state index < -0.39 is 0 Å². The molecule has 106 valence electrons. The number of halogens is 1. The second kappa shape index (κ2) is 6.85. The van der Waals surface area contributed by atoms with E-state index in [4.69, 9.17) is 11.6 Å². The van der Waals surface area contributed by atoms with Crippen molar-refractivity contribution < 1.29 is 4.79 Å². The van der Waals surface area contributed by atoms with E-state index in [9.17, 15) is 4.79 Å². The molecule has 2 aromatic rings. The lowest BCUT2D eigenvalue weighted by Crippen LogP contribution is -2.28. The molecule has 0 unspecified atom stereocenters. The lowest BCUT2D eigenvalue weighted by Gasteiger charge is -2.08. The molecule has 0 radical (unpaired) electrons. The molecule has 20 heavy (non-hydrogen) atoms.